The molecule has 0 N–H and O–H groups in total. The minimum Gasteiger partial charge on any atom is -0.260 e. The van der Waals surface area contributed by atoms with Crippen molar-refractivity contribution in [2.75, 3.05) is 23.5 Å². The molecule has 0 heterocycles. The van der Waals surface area contributed by atoms with Gasteiger partial charge in [-0.1, -0.05) is 19.8 Å². The van der Waals surface area contributed by atoms with Crippen molar-refractivity contribution < 1.29 is 4.21 Å². The van der Waals surface area contributed by atoms with Crippen LogP contribution in [-0.4, -0.2) is 27.7 Å². The molecule has 0 saturated heterocycles. The Morgan fingerprint density at radius 2 is 2.00 bits per heavy atom. The molecular weight excluding hydrogens is 176 g/mol. The summed E-state index contributed by atoms with van der Waals surface area (Å²) >= 11 is 1.93. The molecule has 0 saturated carbocycles. The van der Waals surface area contributed by atoms with Gasteiger partial charge in [0.25, 0.3) is 0 Å². The van der Waals surface area contributed by atoms with E-state index in [4.69, 9.17) is 0 Å². The second-order valence-corrected chi connectivity index (χ2v) is 5.38. The Hall–Kier alpha value is 0.500. The Kier molecular flexibility index (Phi) is 8.99. The molecule has 0 amide bonds. The summed E-state index contributed by atoms with van der Waals surface area (Å²) in [7, 11) is -0.594. The molecule has 0 bridgehead atoms. The SMILES string of the molecule is CCCCCSCCS(C)=O. The highest BCUT2D eigenvalue weighted by Crippen LogP contribution is 2.05. The molecule has 0 aromatic carbocycles. The average molecular weight is 194 g/mol. The average Bonchev–Trinajstić information content (AvgIpc) is 1.96. The second kappa shape index (κ2) is 8.60. The first-order chi connectivity index (χ1) is 5.27. The monoisotopic (exact) mass is 194 g/mol. The maximum Gasteiger partial charge on any atom is 0.0322 e. The lowest BCUT2D eigenvalue weighted by molar-refractivity contribution is 0.687. The van der Waals surface area contributed by atoms with Crippen LogP contribution < -0.4 is 0 Å². The van der Waals surface area contributed by atoms with E-state index >= 15 is 0 Å². The van der Waals surface area contributed by atoms with Crippen LogP contribution in [0.15, 0.2) is 0 Å². The highest BCUT2D eigenvalue weighted by atomic mass is 32.2. The van der Waals surface area contributed by atoms with Crippen molar-refractivity contribution >= 4 is 22.6 Å². The van der Waals surface area contributed by atoms with Gasteiger partial charge in [0.2, 0.25) is 0 Å². The molecule has 0 aromatic rings. The second-order valence-electron chi connectivity index (χ2n) is 2.60. The number of thioether (sulfide) groups is 1. The Morgan fingerprint density at radius 1 is 1.27 bits per heavy atom. The zero-order valence-corrected chi connectivity index (χ0v) is 9.10. The lowest BCUT2D eigenvalue weighted by Gasteiger charge is -1.98. The molecule has 11 heavy (non-hydrogen) atoms. The quantitative estimate of drug-likeness (QED) is 0.578. The lowest BCUT2D eigenvalue weighted by Crippen LogP contribution is -1.97. The van der Waals surface area contributed by atoms with E-state index in [1.807, 2.05) is 11.8 Å². The highest BCUT2D eigenvalue weighted by molar-refractivity contribution is 8.00. The van der Waals surface area contributed by atoms with E-state index in [1.165, 1.54) is 25.0 Å². The molecule has 1 unspecified atom stereocenters. The molecule has 0 fully saturated rings. The van der Waals surface area contributed by atoms with Gasteiger partial charge in [-0.15, -0.1) is 0 Å². The maximum atomic E-state index is 10.6. The molecule has 0 spiro atoms. The summed E-state index contributed by atoms with van der Waals surface area (Å²) in [5.74, 6) is 3.16. The number of unbranched alkanes of at least 4 members (excludes halogenated alkanes) is 2. The van der Waals surface area contributed by atoms with Crippen LogP contribution in [-0.2, 0) is 10.8 Å². The molecular formula is C8H18OS2. The molecule has 3 heteroatoms. The third-order valence-electron chi connectivity index (χ3n) is 1.41. The fraction of sp³-hybridized carbons (Fsp3) is 1.00. The normalized spacial score (nSPS) is 13.3. The van der Waals surface area contributed by atoms with Crippen molar-refractivity contribution in [2.45, 2.75) is 26.2 Å². The fourth-order valence-corrected chi connectivity index (χ4v) is 2.76. The van der Waals surface area contributed by atoms with Crippen molar-refractivity contribution in [3.63, 3.8) is 0 Å². The molecule has 1 nitrogen and oxygen atoms in total. The van der Waals surface area contributed by atoms with Crippen LogP contribution >= 0.6 is 11.8 Å². The Bertz CT molecular complexity index is 104. The van der Waals surface area contributed by atoms with E-state index in [-0.39, 0.29) is 0 Å². The van der Waals surface area contributed by atoms with Gasteiger partial charge >= 0.3 is 0 Å². The first-order valence-electron chi connectivity index (χ1n) is 4.15. The van der Waals surface area contributed by atoms with Gasteiger partial charge in [0.05, 0.1) is 0 Å². The summed E-state index contributed by atoms with van der Waals surface area (Å²) in [6, 6.07) is 0. The van der Waals surface area contributed by atoms with E-state index < -0.39 is 10.8 Å². The van der Waals surface area contributed by atoms with Gasteiger partial charge in [-0.3, -0.25) is 4.21 Å². The summed E-state index contributed by atoms with van der Waals surface area (Å²) in [5, 5.41) is 0. The summed E-state index contributed by atoms with van der Waals surface area (Å²) in [6.45, 7) is 2.21. The van der Waals surface area contributed by atoms with Gasteiger partial charge < -0.3 is 0 Å². The summed E-state index contributed by atoms with van der Waals surface area (Å²) in [5.41, 5.74) is 0. The predicted molar refractivity (Wildman–Crippen MR) is 55.8 cm³/mol. The van der Waals surface area contributed by atoms with Gasteiger partial charge in [0, 0.05) is 28.6 Å². The molecule has 1 atom stereocenters. The van der Waals surface area contributed by atoms with Crippen LogP contribution in [0.5, 0.6) is 0 Å². The third kappa shape index (κ3) is 10.5. The van der Waals surface area contributed by atoms with E-state index in [0.29, 0.717) is 0 Å². The van der Waals surface area contributed by atoms with Crippen LogP contribution in [0.25, 0.3) is 0 Å². The standard InChI is InChI=1S/C8H18OS2/c1-3-4-5-6-10-7-8-11(2)9/h3-8H2,1-2H3. The Labute approximate surface area is 76.8 Å². The van der Waals surface area contributed by atoms with Crippen molar-refractivity contribution in [3.05, 3.63) is 0 Å². The van der Waals surface area contributed by atoms with Crippen LogP contribution in [0, 0.1) is 0 Å². The van der Waals surface area contributed by atoms with Crippen LogP contribution in [0.1, 0.15) is 26.2 Å². The summed E-state index contributed by atoms with van der Waals surface area (Å²) in [6.07, 6.45) is 5.71. The summed E-state index contributed by atoms with van der Waals surface area (Å²) < 4.78 is 10.6. The molecule has 68 valence electrons. The van der Waals surface area contributed by atoms with Crippen molar-refractivity contribution in [3.8, 4) is 0 Å². The van der Waals surface area contributed by atoms with Crippen LogP contribution in [0.2, 0.25) is 0 Å². The van der Waals surface area contributed by atoms with E-state index in [9.17, 15) is 4.21 Å². The van der Waals surface area contributed by atoms with Crippen molar-refractivity contribution in [1.82, 2.24) is 0 Å². The number of rotatable bonds is 7. The number of hydrogen-bond donors (Lipinski definition) is 0. The van der Waals surface area contributed by atoms with Gasteiger partial charge in [-0.2, -0.15) is 11.8 Å². The van der Waals surface area contributed by atoms with Crippen molar-refractivity contribution in [1.29, 1.82) is 0 Å². The Morgan fingerprint density at radius 3 is 2.55 bits per heavy atom. The fourth-order valence-electron chi connectivity index (χ4n) is 0.732. The highest BCUT2D eigenvalue weighted by Gasteiger charge is 1.91. The zero-order valence-electron chi connectivity index (χ0n) is 7.47. The lowest BCUT2D eigenvalue weighted by atomic mass is 10.3. The minimum atomic E-state index is -0.594. The van der Waals surface area contributed by atoms with E-state index in [0.717, 1.165) is 11.5 Å². The topological polar surface area (TPSA) is 17.1 Å². The first-order valence-corrected chi connectivity index (χ1v) is 7.03. The molecule has 0 aromatic heterocycles. The molecule has 0 aliphatic rings. The smallest absolute Gasteiger partial charge is 0.0322 e. The maximum absolute atomic E-state index is 10.6. The first kappa shape index (κ1) is 11.5. The molecule has 0 aliphatic heterocycles. The predicted octanol–water partition coefficient (Wildman–Crippen LogP) is 2.29. The van der Waals surface area contributed by atoms with Gasteiger partial charge in [-0.25, -0.2) is 0 Å². The minimum absolute atomic E-state index is 0.594. The van der Waals surface area contributed by atoms with E-state index in [1.54, 1.807) is 6.26 Å². The Balaban J connectivity index is 2.85. The van der Waals surface area contributed by atoms with Gasteiger partial charge in [-0.05, 0) is 12.2 Å². The molecule has 0 aliphatic carbocycles. The van der Waals surface area contributed by atoms with Crippen LogP contribution in [0.4, 0.5) is 0 Å². The van der Waals surface area contributed by atoms with Crippen LogP contribution in [0.3, 0.4) is 0 Å². The molecule has 0 rings (SSSR count). The largest absolute Gasteiger partial charge is 0.260 e. The third-order valence-corrected chi connectivity index (χ3v) is 3.51. The number of hydrogen-bond acceptors (Lipinski definition) is 2. The zero-order chi connectivity index (χ0) is 8.53. The summed E-state index contributed by atoms with van der Waals surface area (Å²) in [4.78, 5) is 0. The van der Waals surface area contributed by atoms with E-state index in [2.05, 4.69) is 6.92 Å². The van der Waals surface area contributed by atoms with Crippen molar-refractivity contribution in [2.24, 2.45) is 0 Å². The van der Waals surface area contributed by atoms with Gasteiger partial charge in [0.15, 0.2) is 0 Å². The molecule has 0 radical (unpaired) electrons. The van der Waals surface area contributed by atoms with Gasteiger partial charge in [0.1, 0.15) is 0 Å².